The Morgan fingerprint density at radius 2 is 2.21 bits per heavy atom. The van der Waals surface area contributed by atoms with E-state index in [9.17, 15) is 9.90 Å². The van der Waals surface area contributed by atoms with Crippen molar-refractivity contribution in [3.63, 3.8) is 0 Å². The van der Waals surface area contributed by atoms with Crippen LogP contribution in [-0.4, -0.2) is 30.8 Å². The molecule has 0 fully saturated rings. The van der Waals surface area contributed by atoms with Gasteiger partial charge in [-0.25, -0.2) is 0 Å². The topological polar surface area (TPSA) is 67.8 Å². The molecular formula is C13H18ClNO4. The van der Waals surface area contributed by atoms with Crippen molar-refractivity contribution in [1.82, 2.24) is 5.32 Å². The first-order valence-electron chi connectivity index (χ1n) is 5.95. The van der Waals surface area contributed by atoms with Gasteiger partial charge >= 0.3 is 5.97 Å². The summed E-state index contributed by atoms with van der Waals surface area (Å²) < 4.78 is 9.88. The number of methoxy groups -OCH3 is 1. The minimum Gasteiger partial charge on any atom is -0.504 e. The summed E-state index contributed by atoms with van der Waals surface area (Å²) in [7, 11) is 1.45. The zero-order chi connectivity index (χ0) is 14.4. The van der Waals surface area contributed by atoms with Crippen LogP contribution in [0.15, 0.2) is 12.1 Å². The highest BCUT2D eigenvalue weighted by Crippen LogP contribution is 2.33. The Bertz CT molecular complexity index is 451. The number of rotatable bonds is 6. The number of phenols is 1. The van der Waals surface area contributed by atoms with Crippen LogP contribution in [0.1, 0.15) is 19.4 Å². The average molecular weight is 288 g/mol. The van der Waals surface area contributed by atoms with Gasteiger partial charge in [0.05, 0.1) is 13.7 Å². The van der Waals surface area contributed by atoms with E-state index in [0.717, 1.165) is 0 Å². The maximum atomic E-state index is 11.4. The number of benzene rings is 1. The molecule has 0 amide bonds. The minimum absolute atomic E-state index is 0.00968. The maximum absolute atomic E-state index is 11.4. The lowest BCUT2D eigenvalue weighted by Crippen LogP contribution is -2.34. The third-order valence-electron chi connectivity index (χ3n) is 2.58. The van der Waals surface area contributed by atoms with Gasteiger partial charge in [0.25, 0.3) is 0 Å². The largest absolute Gasteiger partial charge is 0.504 e. The van der Waals surface area contributed by atoms with Crippen molar-refractivity contribution >= 4 is 17.6 Å². The first kappa shape index (κ1) is 15.6. The van der Waals surface area contributed by atoms with Crippen molar-refractivity contribution in [3.8, 4) is 11.5 Å². The van der Waals surface area contributed by atoms with Crippen molar-refractivity contribution in [2.75, 3.05) is 13.7 Å². The summed E-state index contributed by atoms with van der Waals surface area (Å²) in [4.78, 5) is 11.4. The molecule has 1 aromatic rings. The number of carbonyl (C=O) groups is 1. The molecule has 1 unspecified atom stereocenters. The van der Waals surface area contributed by atoms with Crippen LogP contribution in [0, 0.1) is 0 Å². The van der Waals surface area contributed by atoms with Crippen LogP contribution in [0.25, 0.3) is 0 Å². The minimum atomic E-state index is -0.468. The van der Waals surface area contributed by atoms with Crippen LogP contribution < -0.4 is 10.1 Å². The van der Waals surface area contributed by atoms with Crippen LogP contribution >= 0.6 is 11.6 Å². The lowest BCUT2D eigenvalue weighted by atomic mass is 10.1. The molecule has 1 rings (SSSR count). The van der Waals surface area contributed by atoms with Gasteiger partial charge < -0.3 is 19.9 Å². The lowest BCUT2D eigenvalue weighted by Gasteiger charge is -2.14. The van der Waals surface area contributed by atoms with E-state index in [4.69, 9.17) is 21.1 Å². The summed E-state index contributed by atoms with van der Waals surface area (Å²) in [6.45, 7) is 4.05. The van der Waals surface area contributed by atoms with Crippen molar-refractivity contribution < 1.29 is 19.4 Å². The summed E-state index contributed by atoms with van der Waals surface area (Å²) in [6, 6.07) is 2.67. The second-order valence-electron chi connectivity index (χ2n) is 3.97. The molecule has 0 radical (unpaired) electrons. The molecule has 0 saturated heterocycles. The monoisotopic (exact) mass is 287 g/mol. The Balaban J connectivity index is 2.72. The van der Waals surface area contributed by atoms with Gasteiger partial charge in [-0.3, -0.25) is 4.79 Å². The smallest absolute Gasteiger partial charge is 0.322 e. The normalized spacial score (nSPS) is 12.0. The predicted molar refractivity (Wildman–Crippen MR) is 72.6 cm³/mol. The molecule has 6 heteroatoms. The van der Waals surface area contributed by atoms with E-state index in [1.807, 2.05) is 0 Å². The molecule has 0 aliphatic rings. The fourth-order valence-electron chi connectivity index (χ4n) is 1.53. The van der Waals surface area contributed by atoms with Gasteiger partial charge in [0.15, 0.2) is 11.5 Å². The Kier molecular flexibility index (Phi) is 5.92. The highest BCUT2D eigenvalue weighted by molar-refractivity contribution is 6.30. The number of carbonyl (C=O) groups excluding carboxylic acids is 1. The molecule has 1 atom stereocenters. The lowest BCUT2D eigenvalue weighted by molar-refractivity contribution is -0.145. The zero-order valence-electron chi connectivity index (χ0n) is 11.2. The van der Waals surface area contributed by atoms with Gasteiger partial charge in [0, 0.05) is 23.2 Å². The van der Waals surface area contributed by atoms with Crippen LogP contribution in [0.5, 0.6) is 11.5 Å². The number of halogens is 1. The van der Waals surface area contributed by atoms with Crippen molar-refractivity contribution in [2.24, 2.45) is 0 Å². The van der Waals surface area contributed by atoms with Crippen molar-refractivity contribution in [2.45, 2.75) is 26.4 Å². The van der Waals surface area contributed by atoms with Gasteiger partial charge in [-0.05, 0) is 19.9 Å². The van der Waals surface area contributed by atoms with E-state index >= 15 is 0 Å². The molecule has 0 spiro atoms. The number of ether oxygens (including phenoxy) is 2. The van der Waals surface area contributed by atoms with E-state index in [1.54, 1.807) is 19.9 Å². The maximum Gasteiger partial charge on any atom is 0.322 e. The highest BCUT2D eigenvalue weighted by atomic mass is 35.5. The molecular weight excluding hydrogens is 270 g/mol. The fourth-order valence-corrected chi connectivity index (χ4v) is 1.76. The summed E-state index contributed by atoms with van der Waals surface area (Å²) in [5.41, 5.74) is 0.556. The van der Waals surface area contributed by atoms with Gasteiger partial charge in [-0.1, -0.05) is 11.6 Å². The van der Waals surface area contributed by atoms with Gasteiger partial charge in [-0.15, -0.1) is 0 Å². The molecule has 0 aromatic heterocycles. The second kappa shape index (κ2) is 7.21. The second-order valence-corrected chi connectivity index (χ2v) is 4.41. The van der Waals surface area contributed by atoms with E-state index in [2.05, 4.69) is 5.32 Å². The number of esters is 1. The molecule has 1 aromatic carbocycles. The standard InChI is InChI=1S/C13H18ClNO4/c1-4-19-13(17)8(2)15-7-9-5-10(14)6-11(18-3)12(9)16/h5-6,8,15-16H,4,7H2,1-3H3. The van der Waals surface area contributed by atoms with E-state index in [1.165, 1.54) is 13.2 Å². The molecule has 0 heterocycles. The summed E-state index contributed by atoms with van der Waals surface area (Å²) in [5, 5.41) is 13.3. The molecule has 106 valence electrons. The Morgan fingerprint density at radius 1 is 1.53 bits per heavy atom. The van der Waals surface area contributed by atoms with Crippen LogP contribution in [0.4, 0.5) is 0 Å². The third-order valence-corrected chi connectivity index (χ3v) is 2.80. The Hall–Kier alpha value is -1.46. The average Bonchev–Trinajstić information content (AvgIpc) is 2.39. The number of aromatic hydroxyl groups is 1. The van der Waals surface area contributed by atoms with Crippen LogP contribution in [-0.2, 0) is 16.1 Å². The Labute approximate surface area is 117 Å². The molecule has 0 saturated carbocycles. The molecule has 19 heavy (non-hydrogen) atoms. The summed E-state index contributed by atoms with van der Waals surface area (Å²) in [5.74, 6) is -0.0282. The highest BCUT2D eigenvalue weighted by Gasteiger charge is 2.15. The third kappa shape index (κ3) is 4.29. The van der Waals surface area contributed by atoms with E-state index in [-0.39, 0.29) is 18.3 Å². The first-order chi connectivity index (χ1) is 8.99. The molecule has 0 bridgehead atoms. The predicted octanol–water partition coefficient (Wildman–Crippen LogP) is 2.10. The van der Waals surface area contributed by atoms with Crippen molar-refractivity contribution in [1.29, 1.82) is 0 Å². The number of hydrogen-bond acceptors (Lipinski definition) is 5. The number of phenolic OH excluding ortho intramolecular Hbond substituents is 1. The van der Waals surface area contributed by atoms with Gasteiger partial charge in [0.2, 0.25) is 0 Å². The molecule has 2 N–H and O–H groups in total. The van der Waals surface area contributed by atoms with Crippen LogP contribution in [0.2, 0.25) is 5.02 Å². The molecule has 5 nitrogen and oxygen atoms in total. The fraction of sp³-hybridized carbons (Fsp3) is 0.462. The van der Waals surface area contributed by atoms with Crippen molar-refractivity contribution in [3.05, 3.63) is 22.7 Å². The first-order valence-corrected chi connectivity index (χ1v) is 6.32. The Morgan fingerprint density at radius 3 is 2.79 bits per heavy atom. The molecule has 0 aliphatic carbocycles. The number of nitrogens with one attached hydrogen (secondary N) is 1. The van der Waals surface area contributed by atoms with Gasteiger partial charge in [0.1, 0.15) is 6.04 Å². The number of hydrogen-bond donors (Lipinski definition) is 2. The van der Waals surface area contributed by atoms with Gasteiger partial charge in [-0.2, -0.15) is 0 Å². The zero-order valence-corrected chi connectivity index (χ0v) is 12.0. The summed E-state index contributed by atoms with van der Waals surface area (Å²) >= 11 is 5.92. The summed E-state index contributed by atoms with van der Waals surface area (Å²) in [6.07, 6.45) is 0. The SMILES string of the molecule is CCOC(=O)C(C)NCc1cc(Cl)cc(OC)c1O. The van der Waals surface area contributed by atoms with Crippen LogP contribution in [0.3, 0.4) is 0 Å². The van der Waals surface area contributed by atoms with E-state index < -0.39 is 6.04 Å². The quantitative estimate of drug-likeness (QED) is 0.784. The van der Waals surface area contributed by atoms with E-state index in [0.29, 0.717) is 22.9 Å². The molecule has 0 aliphatic heterocycles.